The van der Waals surface area contributed by atoms with E-state index < -0.39 is 5.60 Å². The fraction of sp³-hybridized carbons (Fsp3) is 0.444. The summed E-state index contributed by atoms with van der Waals surface area (Å²) < 4.78 is 11.2. The predicted octanol–water partition coefficient (Wildman–Crippen LogP) is 5.33. The maximum Gasteiger partial charge on any atom is 0.410 e. The van der Waals surface area contributed by atoms with E-state index in [1.807, 2.05) is 20.8 Å². The standard InChI is InChI=1S/C27H32N4O3/c1-27(2,3)33-26(32)31-16-10-15-22(31)25-28-24(29-34-25)21-17-30(18-21)23(19-11-6-4-7-12-19)20-13-8-5-9-14-20/h4-9,11-14,21-23H,10,15-18H2,1-3H3/t22-/m0/s1. The number of likely N-dealkylation sites (tertiary alicyclic amines) is 2. The molecule has 1 amide bonds. The summed E-state index contributed by atoms with van der Waals surface area (Å²) in [5.74, 6) is 1.45. The largest absolute Gasteiger partial charge is 0.444 e. The molecule has 0 N–H and O–H groups in total. The van der Waals surface area contributed by atoms with Crippen LogP contribution in [0.4, 0.5) is 4.79 Å². The molecule has 34 heavy (non-hydrogen) atoms. The van der Waals surface area contributed by atoms with E-state index in [2.05, 4.69) is 70.7 Å². The Morgan fingerprint density at radius 2 is 1.65 bits per heavy atom. The number of carbonyl (C=O) groups is 1. The molecule has 2 fully saturated rings. The molecule has 1 aromatic heterocycles. The molecular weight excluding hydrogens is 428 g/mol. The van der Waals surface area contributed by atoms with E-state index in [0.717, 1.165) is 31.8 Å². The maximum absolute atomic E-state index is 12.6. The molecule has 0 saturated carbocycles. The Kier molecular flexibility index (Phi) is 6.13. The lowest BCUT2D eigenvalue weighted by molar-refractivity contribution is 0.0199. The fourth-order valence-electron chi connectivity index (χ4n) is 4.88. The smallest absolute Gasteiger partial charge is 0.410 e. The van der Waals surface area contributed by atoms with Gasteiger partial charge in [0.2, 0.25) is 5.89 Å². The Labute approximate surface area is 200 Å². The van der Waals surface area contributed by atoms with Crippen LogP contribution < -0.4 is 0 Å². The van der Waals surface area contributed by atoms with Crippen molar-refractivity contribution >= 4 is 6.09 Å². The molecule has 2 saturated heterocycles. The van der Waals surface area contributed by atoms with E-state index in [4.69, 9.17) is 14.2 Å². The molecule has 0 aliphatic carbocycles. The average molecular weight is 461 g/mol. The third-order valence-electron chi connectivity index (χ3n) is 6.49. The number of amides is 1. The van der Waals surface area contributed by atoms with Crippen LogP contribution in [-0.4, -0.2) is 51.3 Å². The Morgan fingerprint density at radius 3 is 2.24 bits per heavy atom. The predicted molar refractivity (Wildman–Crippen MR) is 128 cm³/mol. The molecule has 178 valence electrons. The van der Waals surface area contributed by atoms with Gasteiger partial charge in [-0.3, -0.25) is 9.80 Å². The molecule has 1 atom stereocenters. The lowest BCUT2D eigenvalue weighted by atomic mass is 9.90. The molecule has 2 aliphatic heterocycles. The first-order chi connectivity index (χ1) is 16.4. The van der Waals surface area contributed by atoms with Crippen molar-refractivity contribution in [2.75, 3.05) is 19.6 Å². The van der Waals surface area contributed by atoms with Crippen LogP contribution in [0, 0.1) is 0 Å². The lowest BCUT2D eigenvalue weighted by Crippen LogP contribution is -2.47. The molecule has 0 bridgehead atoms. The average Bonchev–Trinajstić information content (AvgIpc) is 3.45. The second kappa shape index (κ2) is 9.22. The monoisotopic (exact) mass is 460 g/mol. The summed E-state index contributed by atoms with van der Waals surface area (Å²) >= 11 is 0. The van der Waals surface area contributed by atoms with Crippen LogP contribution in [0.2, 0.25) is 0 Å². The van der Waals surface area contributed by atoms with E-state index in [9.17, 15) is 4.79 Å². The molecule has 7 nitrogen and oxygen atoms in total. The van der Waals surface area contributed by atoms with Crippen LogP contribution in [0.3, 0.4) is 0 Å². The highest BCUT2D eigenvalue weighted by Gasteiger charge is 2.40. The molecule has 0 radical (unpaired) electrons. The first kappa shape index (κ1) is 22.6. The number of nitrogens with zero attached hydrogens (tertiary/aromatic N) is 4. The van der Waals surface area contributed by atoms with Crippen molar-refractivity contribution in [1.29, 1.82) is 0 Å². The van der Waals surface area contributed by atoms with Crippen LogP contribution in [0.5, 0.6) is 0 Å². The second-order valence-corrected chi connectivity index (χ2v) is 10.2. The highest BCUT2D eigenvalue weighted by Crippen LogP contribution is 2.38. The van der Waals surface area contributed by atoms with Gasteiger partial charge in [0, 0.05) is 25.6 Å². The molecular formula is C27H32N4O3. The molecule has 7 heteroatoms. The zero-order valence-electron chi connectivity index (χ0n) is 20.1. The van der Waals surface area contributed by atoms with Gasteiger partial charge in [-0.1, -0.05) is 65.8 Å². The molecule has 2 aromatic carbocycles. The Balaban J connectivity index is 1.28. The van der Waals surface area contributed by atoms with Gasteiger partial charge in [0.05, 0.1) is 6.04 Å². The number of hydrogen-bond donors (Lipinski definition) is 0. The minimum atomic E-state index is -0.534. The van der Waals surface area contributed by atoms with Gasteiger partial charge in [-0.2, -0.15) is 4.98 Å². The number of hydrogen-bond acceptors (Lipinski definition) is 6. The Hall–Kier alpha value is -3.19. The fourth-order valence-corrected chi connectivity index (χ4v) is 4.88. The lowest BCUT2D eigenvalue weighted by Gasteiger charge is -2.43. The van der Waals surface area contributed by atoms with Crippen molar-refractivity contribution in [3.8, 4) is 0 Å². The van der Waals surface area contributed by atoms with Crippen LogP contribution in [-0.2, 0) is 4.74 Å². The quantitative estimate of drug-likeness (QED) is 0.512. The maximum atomic E-state index is 12.6. The van der Waals surface area contributed by atoms with Crippen molar-refractivity contribution in [2.45, 2.75) is 57.2 Å². The van der Waals surface area contributed by atoms with Gasteiger partial charge in [-0.05, 0) is 44.7 Å². The number of carbonyl (C=O) groups excluding carboxylic acids is 1. The number of benzene rings is 2. The first-order valence-electron chi connectivity index (χ1n) is 12.1. The Bertz CT molecular complexity index is 1060. The van der Waals surface area contributed by atoms with Gasteiger partial charge in [-0.15, -0.1) is 0 Å². The second-order valence-electron chi connectivity index (χ2n) is 10.2. The van der Waals surface area contributed by atoms with Crippen molar-refractivity contribution in [2.24, 2.45) is 0 Å². The summed E-state index contributed by atoms with van der Waals surface area (Å²) in [7, 11) is 0. The molecule has 5 rings (SSSR count). The summed E-state index contributed by atoms with van der Waals surface area (Å²) in [6, 6.07) is 21.2. The summed E-state index contributed by atoms with van der Waals surface area (Å²) in [5.41, 5.74) is 2.02. The van der Waals surface area contributed by atoms with Gasteiger partial charge >= 0.3 is 6.09 Å². The number of ether oxygens (including phenoxy) is 1. The van der Waals surface area contributed by atoms with Crippen molar-refractivity contribution in [3.63, 3.8) is 0 Å². The van der Waals surface area contributed by atoms with Crippen LogP contribution in [0.1, 0.15) is 74.5 Å². The van der Waals surface area contributed by atoms with E-state index in [1.54, 1.807) is 4.90 Å². The highest BCUT2D eigenvalue weighted by molar-refractivity contribution is 5.69. The van der Waals surface area contributed by atoms with Crippen LogP contribution in [0.25, 0.3) is 0 Å². The number of aromatic nitrogens is 2. The molecule has 2 aliphatic rings. The van der Waals surface area contributed by atoms with Gasteiger partial charge in [-0.25, -0.2) is 4.79 Å². The van der Waals surface area contributed by atoms with E-state index in [1.165, 1.54) is 11.1 Å². The van der Waals surface area contributed by atoms with Crippen LogP contribution in [0.15, 0.2) is 65.2 Å². The van der Waals surface area contributed by atoms with Crippen LogP contribution >= 0.6 is 0 Å². The molecule has 3 aromatic rings. The number of rotatable bonds is 5. The van der Waals surface area contributed by atoms with Gasteiger partial charge in [0.25, 0.3) is 0 Å². The minimum Gasteiger partial charge on any atom is -0.444 e. The Morgan fingerprint density at radius 1 is 1.03 bits per heavy atom. The SMILES string of the molecule is CC(C)(C)OC(=O)N1CCC[C@H]1c1nc(C2CN(C(c3ccccc3)c3ccccc3)C2)no1. The molecule has 0 unspecified atom stereocenters. The van der Waals surface area contributed by atoms with Gasteiger partial charge in [0.1, 0.15) is 11.6 Å². The van der Waals surface area contributed by atoms with E-state index in [-0.39, 0.29) is 24.1 Å². The third-order valence-corrected chi connectivity index (χ3v) is 6.49. The highest BCUT2D eigenvalue weighted by atomic mass is 16.6. The topological polar surface area (TPSA) is 71.7 Å². The first-order valence-corrected chi connectivity index (χ1v) is 12.1. The molecule has 3 heterocycles. The normalized spacial score (nSPS) is 19.4. The summed E-state index contributed by atoms with van der Waals surface area (Å²) in [4.78, 5) is 21.5. The van der Waals surface area contributed by atoms with E-state index >= 15 is 0 Å². The summed E-state index contributed by atoms with van der Waals surface area (Å²) in [6.45, 7) is 7.98. The van der Waals surface area contributed by atoms with Crippen molar-refractivity contribution in [3.05, 3.63) is 83.5 Å². The van der Waals surface area contributed by atoms with Gasteiger partial charge in [0.15, 0.2) is 5.82 Å². The zero-order chi connectivity index (χ0) is 23.7. The van der Waals surface area contributed by atoms with Crippen molar-refractivity contribution < 1.29 is 14.1 Å². The minimum absolute atomic E-state index is 0.197. The van der Waals surface area contributed by atoms with E-state index in [0.29, 0.717) is 12.4 Å². The zero-order valence-corrected chi connectivity index (χ0v) is 20.1. The van der Waals surface area contributed by atoms with Crippen molar-refractivity contribution in [1.82, 2.24) is 19.9 Å². The summed E-state index contributed by atoms with van der Waals surface area (Å²) in [5, 5.41) is 4.30. The third kappa shape index (κ3) is 4.71. The molecule has 0 spiro atoms. The van der Waals surface area contributed by atoms with Gasteiger partial charge < -0.3 is 9.26 Å². The summed E-state index contributed by atoms with van der Waals surface area (Å²) in [6.07, 6.45) is 1.38.